The second kappa shape index (κ2) is 7.84. The lowest BCUT2D eigenvalue weighted by Crippen LogP contribution is -2.11. The molecule has 2 atom stereocenters. The number of carbonyl (C=O) groups excluding carboxylic acids is 1. The molecule has 0 unspecified atom stereocenters. The van der Waals surface area contributed by atoms with Crippen LogP contribution in [0, 0.1) is 24.0 Å². The highest BCUT2D eigenvalue weighted by Crippen LogP contribution is 2.28. The number of non-ortho nitro benzene ring substituents is 1. The van der Waals surface area contributed by atoms with Gasteiger partial charge in [-0.1, -0.05) is 0 Å². The summed E-state index contributed by atoms with van der Waals surface area (Å²) in [6, 6.07) is 5.65. The number of aryl methyl sites for hydroxylation is 1. The first-order valence-corrected chi connectivity index (χ1v) is 8.85. The third-order valence-electron chi connectivity index (χ3n) is 4.51. The number of hydrogen-bond acceptors (Lipinski definition) is 8. The van der Waals surface area contributed by atoms with Gasteiger partial charge in [0.1, 0.15) is 5.69 Å². The first-order chi connectivity index (χ1) is 13.7. The van der Waals surface area contributed by atoms with Gasteiger partial charge in [-0.2, -0.15) is 0 Å². The van der Waals surface area contributed by atoms with Crippen molar-refractivity contribution in [1.29, 1.82) is 0 Å². The van der Waals surface area contributed by atoms with Crippen LogP contribution in [0.15, 0.2) is 28.7 Å². The van der Waals surface area contributed by atoms with Crippen molar-refractivity contribution in [3.8, 4) is 11.5 Å². The molecule has 0 aliphatic heterocycles. The first-order valence-electron chi connectivity index (χ1n) is 8.85. The zero-order valence-electron chi connectivity index (χ0n) is 16.3. The minimum atomic E-state index is -0.820. The Morgan fingerprint density at radius 3 is 2.45 bits per heavy atom. The van der Waals surface area contributed by atoms with Crippen LogP contribution in [0.5, 0.6) is 0 Å². The molecule has 10 nitrogen and oxygen atoms in total. The summed E-state index contributed by atoms with van der Waals surface area (Å²) in [6.07, 6.45) is -1.54. The van der Waals surface area contributed by atoms with E-state index in [4.69, 9.17) is 9.15 Å². The number of nitro benzene ring substituents is 1. The molecule has 29 heavy (non-hydrogen) atoms. The maximum atomic E-state index is 12.5. The van der Waals surface area contributed by atoms with E-state index in [1.54, 1.807) is 27.7 Å². The molecule has 0 spiro atoms. The first kappa shape index (κ1) is 20.2. The van der Waals surface area contributed by atoms with Crippen LogP contribution in [0.1, 0.15) is 59.3 Å². The molecule has 0 saturated heterocycles. The zero-order valence-corrected chi connectivity index (χ0v) is 16.3. The smallest absolute Gasteiger partial charge is 0.355 e. The Morgan fingerprint density at radius 2 is 1.90 bits per heavy atom. The molecular formula is C19H20N4O6. The Hall–Kier alpha value is -3.53. The molecule has 3 aromatic rings. The van der Waals surface area contributed by atoms with E-state index >= 15 is 0 Å². The number of nitro groups is 1. The number of aromatic amines is 1. The number of rotatable bonds is 6. The van der Waals surface area contributed by atoms with E-state index in [2.05, 4.69) is 15.2 Å². The highest BCUT2D eigenvalue weighted by atomic mass is 16.6. The fourth-order valence-corrected chi connectivity index (χ4v) is 3.11. The van der Waals surface area contributed by atoms with Crippen LogP contribution < -0.4 is 0 Å². The van der Waals surface area contributed by atoms with Crippen molar-refractivity contribution in [3.63, 3.8) is 0 Å². The number of aliphatic hydroxyl groups excluding tert-OH is 1. The average Bonchev–Trinajstić information content (AvgIpc) is 3.26. The van der Waals surface area contributed by atoms with Crippen LogP contribution in [0.25, 0.3) is 11.5 Å². The molecule has 152 valence electrons. The van der Waals surface area contributed by atoms with Gasteiger partial charge in [-0.15, -0.1) is 10.2 Å². The van der Waals surface area contributed by atoms with Gasteiger partial charge < -0.3 is 19.2 Å². The minimum Gasteiger partial charge on any atom is -0.448 e. The second-order valence-electron chi connectivity index (χ2n) is 6.64. The molecular weight excluding hydrogens is 380 g/mol. The van der Waals surface area contributed by atoms with Crippen molar-refractivity contribution in [3.05, 3.63) is 62.8 Å². The van der Waals surface area contributed by atoms with E-state index in [0.29, 0.717) is 22.4 Å². The normalized spacial score (nSPS) is 13.1. The molecule has 0 bridgehead atoms. The van der Waals surface area contributed by atoms with Crippen molar-refractivity contribution in [1.82, 2.24) is 15.2 Å². The van der Waals surface area contributed by atoms with E-state index < -0.39 is 23.1 Å². The Labute approximate surface area is 165 Å². The highest BCUT2D eigenvalue weighted by molar-refractivity contribution is 5.90. The lowest BCUT2D eigenvalue weighted by atomic mass is 10.1. The van der Waals surface area contributed by atoms with Crippen LogP contribution in [0.2, 0.25) is 0 Å². The van der Waals surface area contributed by atoms with Crippen molar-refractivity contribution < 1.29 is 24.0 Å². The Balaban J connectivity index is 1.75. The van der Waals surface area contributed by atoms with E-state index in [9.17, 15) is 20.0 Å². The van der Waals surface area contributed by atoms with E-state index in [-0.39, 0.29) is 23.2 Å². The lowest BCUT2D eigenvalue weighted by Gasteiger charge is -2.09. The molecule has 2 aromatic heterocycles. The van der Waals surface area contributed by atoms with Crippen LogP contribution in [-0.4, -0.2) is 31.2 Å². The molecule has 0 aliphatic rings. The number of H-pyrrole nitrogens is 1. The summed E-state index contributed by atoms with van der Waals surface area (Å²) < 4.78 is 11.0. The molecule has 0 amide bonds. The predicted molar refractivity (Wildman–Crippen MR) is 101 cm³/mol. The van der Waals surface area contributed by atoms with Gasteiger partial charge in [0.2, 0.25) is 5.89 Å². The highest BCUT2D eigenvalue weighted by Gasteiger charge is 2.25. The summed E-state index contributed by atoms with van der Waals surface area (Å²) in [5, 5.41) is 28.4. The number of nitrogens with zero attached hydrogens (tertiary/aromatic N) is 3. The average molecular weight is 400 g/mol. The molecule has 10 heteroatoms. The standard InChI is InChI=1S/C19H20N4O6/c1-9-15(11(3)24)10(2)20-16(9)19(25)28-12(4)17-21-22-18(29-17)13-5-7-14(8-6-13)23(26)27/h5-8,11-12,20,24H,1-4H3/t11-,12-/m0/s1. The van der Waals surface area contributed by atoms with Crippen molar-refractivity contribution >= 4 is 11.7 Å². The molecule has 0 saturated carbocycles. The number of ether oxygens (including phenoxy) is 1. The van der Waals surface area contributed by atoms with Gasteiger partial charge in [-0.05, 0) is 45.4 Å². The summed E-state index contributed by atoms with van der Waals surface area (Å²) >= 11 is 0. The van der Waals surface area contributed by atoms with Crippen molar-refractivity contribution in [2.24, 2.45) is 0 Å². The van der Waals surface area contributed by atoms with E-state index in [1.807, 2.05) is 0 Å². The maximum absolute atomic E-state index is 12.5. The summed E-state index contributed by atoms with van der Waals surface area (Å²) in [7, 11) is 0. The Kier molecular flexibility index (Phi) is 5.46. The summed E-state index contributed by atoms with van der Waals surface area (Å²) in [5.41, 5.74) is 2.67. The third kappa shape index (κ3) is 4.02. The maximum Gasteiger partial charge on any atom is 0.355 e. The lowest BCUT2D eigenvalue weighted by molar-refractivity contribution is -0.384. The number of nitrogens with one attached hydrogen (secondary N) is 1. The Morgan fingerprint density at radius 1 is 1.24 bits per heavy atom. The van der Waals surface area contributed by atoms with Crippen molar-refractivity contribution in [2.75, 3.05) is 0 Å². The molecule has 0 radical (unpaired) electrons. The van der Waals surface area contributed by atoms with Crippen LogP contribution in [0.4, 0.5) is 5.69 Å². The Bertz CT molecular complexity index is 1050. The monoisotopic (exact) mass is 400 g/mol. The number of aromatic nitrogens is 3. The molecule has 0 fully saturated rings. The SMILES string of the molecule is Cc1[nH]c(C(=O)O[C@@H](C)c2nnc(-c3ccc([N+](=O)[O-])cc3)o2)c(C)c1[C@H](C)O. The topological polar surface area (TPSA) is 144 Å². The zero-order chi connectivity index (χ0) is 21.3. The number of benzene rings is 1. The molecule has 2 heterocycles. The number of carbonyl (C=O) groups is 1. The van der Waals surface area contributed by atoms with Gasteiger partial charge in [-0.25, -0.2) is 4.79 Å². The summed E-state index contributed by atoms with van der Waals surface area (Å²) in [4.78, 5) is 25.7. The van der Waals surface area contributed by atoms with E-state index in [0.717, 1.165) is 0 Å². The molecule has 3 rings (SSSR count). The van der Waals surface area contributed by atoms with Crippen LogP contribution >= 0.6 is 0 Å². The summed E-state index contributed by atoms with van der Waals surface area (Å²) in [5.74, 6) is -0.371. The third-order valence-corrected chi connectivity index (χ3v) is 4.51. The quantitative estimate of drug-likeness (QED) is 0.363. The van der Waals surface area contributed by atoms with Crippen molar-refractivity contribution in [2.45, 2.75) is 39.9 Å². The van der Waals surface area contributed by atoms with Crippen LogP contribution in [-0.2, 0) is 4.74 Å². The fourth-order valence-electron chi connectivity index (χ4n) is 3.11. The summed E-state index contributed by atoms with van der Waals surface area (Å²) in [6.45, 7) is 6.71. The number of hydrogen-bond donors (Lipinski definition) is 2. The van der Waals surface area contributed by atoms with Gasteiger partial charge in [0.25, 0.3) is 11.6 Å². The fraction of sp³-hybridized carbons (Fsp3) is 0.316. The van der Waals surface area contributed by atoms with Gasteiger partial charge in [-0.3, -0.25) is 10.1 Å². The molecule has 1 aromatic carbocycles. The largest absolute Gasteiger partial charge is 0.448 e. The van der Waals surface area contributed by atoms with Gasteiger partial charge >= 0.3 is 5.97 Å². The van der Waals surface area contributed by atoms with Gasteiger partial charge in [0.15, 0.2) is 6.10 Å². The van der Waals surface area contributed by atoms with Gasteiger partial charge in [0, 0.05) is 29.0 Å². The van der Waals surface area contributed by atoms with E-state index in [1.165, 1.54) is 24.3 Å². The number of aliphatic hydroxyl groups is 1. The van der Waals surface area contributed by atoms with Gasteiger partial charge in [0.05, 0.1) is 11.0 Å². The molecule has 2 N–H and O–H groups in total. The number of esters is 1. The van der Waals surface area contributed by atoms with Crippen LogP contribution in [0.3, 0.4) is 0 Å². The minimum absolute atomic E-state index is 0.0519. The second-order valence-corrected chi connectivity index (χ2v) is 6.64. The molecule has 0 aliphatic carbocycles. The predicted octanol–water partition coefficient (Wildman–Crippen LogP) is 3.56.